The largest absolute Gasteiger partial charge is 0.340 e. The van der Waals surface area contributed by atoms with Gasteiger partial charge >= 0.3 is 0 Å². The van der Waals surface area contributed by atoms with Gasteiger partial charge in [-0.1, -0.05) is 48.0 Å². The Morgan fingerprint density at radius 3 is 2.23 bits per heavy atom. The maximum absolute atomic E-state index is 4.72. The molecule has 4 rings (SSSR count). The van der Waals surface area contributed by atoms with Crippen molar-refractivity contribution in [3.8, 4) is 0 Å². The number of benzene rings is 3. The van der Waals surface area contributed by atoms with Gasteiger partial charge in [0.25, 0.3) is 0 Å². The van der Waals surface area contributed by atoms with E-state index in [0.717, 1.165) is 33.7 Å². The highest BCUT2D eigenvalue weighted by Crippen LogP contribution is 2.27. The molecule has 0 aliphatic rings. The van der Waals surface area contributed by atoms with Gasteiger partial charge in [-0.25, -0.2) is 4.98 Å². The molecule has 0 spiro atoms. The third-order valence-electron chi connectivity index (χ3n) is 4.31. The first-order valence-corrected chi connectivity index (χ1v) is 8.62. The lowest BCUT2D eigenvalue weighted by Crippen LogP contribution is -2.03. The molecule has 0 radical (unpaired) electrons. The van der Waals surface area contributed by atoms with Crippen molar-refractivity contribution in [2.24, 2.45) is 0 Å². The van der Waals surface area contributed by atoms with Crippen LogP contribution in [-0.2, 0) is 0 Å². The second-order valence-electron chi connectivity index (χ2n) is 6.34. The van der Waals surface area contributed by atoms with Crippen molar-refractivity contribution in [3.63, 3.8) is 0 Å². The number of nitrogens with one attached hydrogen (secondary N) is 2. The van der Waals surface area contributed by atoms with Gasteiger partial charge in [-0.2, -0.15) is 4.98 Å². The fourth-order valence-electron chi connectivity index (χ4n) is 2.84. The Labute approximate surface area is 152 Å². The summed E-state index contributed by atoms with van der Waals surface area (Å²) in [6.07, 6.45) is 0. The standard InChI is InChI=1S/C22H20N4/c1-15-11-13-17(14-12-15)23-21-18-8-4-6-10-20(18)25-22(26-21)24-19-9-5-3-7-16(19)2/h3-14H,1-2H3,(H2,23,24,25,26). The van der Waals surface area contributed by atoms with E-state index in [-0.39, 0.29) is 0 Å². The number of hydrogen-bond donors (Lipinski definition) is 2. The summed E-state index contributed by atoms with van der Waals surface area (Å²) in [6, 6.07) is 24.4. The lowest BCUT2D eigenvalue weighted by molar-refractivity contribution is 1.20. The maximum atomic E-state index is 4.72. The highest BCUT2D eigenvalue weighted by Gasteiger charge is 2.09. The summed E-state index contributed by atoms with van der Waals surface area (Å²) in [5.74, 6) is 1.36. The summed E-state index contributed by atoms with van der Waals surface area (Å²) in [4.78, 5) is 9.39. The molecule has 1 aromatic heterocycles. The third-order valence-corrected chi connectivity index (χ3v) is 4.31. The summed E-state index contributed by atoms with van der Waals surface area (Å²) in [6.45, 7) is 4.14. The molecule has 26 heavy (non-hydrogen) atoms. The van der Waals surface area contributed by atoms with Crippen molar-refractivity contribution in [2.75, 3.05) is 10.6 Å². The van der Waals surface area contributed by atoms with Crippen LogP contribution in [0.5, 0.6) is 0 Å². The van der Waals surface area contributed by atoms with Crippen LogP contribution >= 0.6 is 0 Å². The summed E-state index contributed by atoms with van der Waals surface area (Å²) in [7, 11) is 0. The van der Waals surface area contributed by atoms with Crippen LogP contribution in [0.25, 0.3) is 10.9 Å². The zero-order chi connectivity index (χ0) is 17.9. The number of aryl methyl sites for hydroxylation is 2. The van der Waals surface area contributed by atoms with Gasteiger partial charge in [0.05, 0.1) is 5.52 Å². The van der Waals surface area contributed by atoms with E-state index in [4.69, 9.17) is 4.98 Å². The third kappa shape index (κ3) is 3.35. The fraction of sp³-hybridized carbons (Fsp3) is 0.0909. The molecule has 0 saturated carbocycles. The van der Waals surface area contributed by atoms with Crippen molar-refractivity contribution in [3.05, 3.63) is 83.9 Å². The van der Waals surface area contributed by atoms with Crippen molar-refractivity contribution < 1.29 is 0 Å². The highest BCUT2D eigenvalue weighted by molar-refractivity contribution is 5.92. The average molecular weight is 340 g/mol. The Bertz CT molecular complexity index is 1060. The molecule has 0 saturated heterocycles. The topological polar surface area (TPSA) is 49.8 Å². The SMILES string of the molecule is Cc1ccc(Nc2nc(Nc3ccccc3C)nc3ccccc23)cc1. The molecule has 2 N–H and O–H groups in total. The van der Waals surface area contributed by atoms with Gasteiger partial charge in [-0.3, -0.25) is 0 Å². The molecule has 0 unspecified atom stereocenters. The quantitative estimate of drug-likeness (QED) is 0.498. The van der Waals surface area contributed by atoms with Crippen LogP contribution in [-0.4, -0.2) is 9.97 Å². The molecule has 0 atom stereocenters. The van der Waals surface area contributed by atoms with Crippen molar-refractivity contribution in [1.29, 1.82) is 0 Å². The first-order valence-electron chi connectivity index (χ1n) is 8.62. The van der Waals surface area contributed by atoms with Gasteiger partial charge in [0.15, 0.2) is 0 Å². The van der Waals surface area contributed by atoms with E-state index in [9.17, 15) is 0 Å². The Morgan fingerprint density at radius 2 is 1.42 bits per heavy atom. The molecule has 1 heterocycles. The minimum atomic E-state index is 0.576. The molecule has 0 aliphatic heterocycles. The molecular weight excluding hydrogens is 320 g/mol. The smallest absolute Gasteiger partial charge is 0.229 e. The van der Waals surface area contributed by atoms with Crippen LogP contribution in [0, 0.1) is 13.8 Å². The molecule has 128 valence electrons. The molecule has 3 aromatic carbocycles. The molecule has 4 heteroatoms. The highest BCUT2D eigenvalue weighted by atomic mass is 15.1. The maximum Gasteiger partial charge on any atom is 0.229 e. The van der Waals surface area contributed by atoms with Crippen molar-refractivity contribution in [1.82, 2.24) is 9.97 Å². The Morgan fingerprint density at radius 1 is 0.692 bits per heavy atom. The van der Waals surface area contributed by atoms with Gasteiger partial charge in [0, 0.05) is 16.8 Å². The van der Waals surface area contributed by atoms with E-state index in [0.29, 0.717) is 5.95 Å². The van der Waals surface area contributed by atoms with Crippen LogP contribution in [0.15, 0.2) is 72.8 Å². The van der Waals surface area contributed by atoms with E-state index in [1.807, 2.05) is 42.5 Å². The van der Waals surface area contributed by atoms with Crippen LogP contribution in [0.1, 0.15) is 11.1 Å². The van der Waals surface area contributed by atoms with E-state index in [1.165, 1.54) is 5.56 Å². The average Bonchev–Trinajstić information content (AvgIpc) is 2.65. The minimum absolute atomic E-state index is 0.576. The predicted octanol–water partition coefficient (Wildman–Crippen LogP) is 5.73. The Hall–Kier alpha value is -3.40. The number of nitrogens with zero attached hydrogens (tertiary/aromatic N) is 2. The van der Waals surface area contributed by atoms with E-state index < -0.39 is 0 Å². The van der Waals surface area contributed by atoms with Crippen LogP contribution in [0.4, 0.5) is 23.1 Å². The zero-order valence-corrected chi connectivity index (χ0v) is 14.8. The first kappa shape index (κ1) is 16.1. The molecule has 4 aromatic rings. The number of aromatic nitrogens is 2. The van der Waals surface area contributed by atoms with Crippen molar-refractivity contribution >= 4 is 34.0 Å². The molecule has 0 fully saturated rings. The van der Waals surface area contributed by atoms with Crippen LogP contribution < -0.4 is 10.6 Å². The molecule has 0 bridgehead atoms. The number of para-hydroxylation sites is 2. The van der Waals surface area contributed by atoms with Gasteiger partial charge in [0.1, 0.15) is 5.82 Å². The Balaban J connectivity index is 1.75. The van der Waals surface area contributed by atoms with Gasteiger partial charge in [-0.05, 0) is 49.7 Å². The molecule has 0 aliphatic carbocycles. The molecular formula is C22H20N4. The minimum Gasteiger partial charge on any atom is -0.340 e. The summed E-state index contributed by atoms with van der Waals surface area (Å²) >= 11 is 0. The lowest BCUT2D eigenvalue weighted by atomic mass is 10.2. The van der Waals surface area contributed by atoms with Crippen LogP contribution in [0.2, 0.25) is 0 Å². The van der Waals surface area contributed by atoms with Gasteiger partial charge in [0.2, 0.25) is 5.95 Å². The van der Waals surface area contributed by atoms with Gasteiger partial charge < -0.3 is 10.6 Å². The number of anilines is 4. The molecule has 0 amide bonds. The number of rotatable bonds is 4. The van der Waals surface area contributed by atoms with Crippen LogP contribution in [0.3, 0.4) is 0 Å². The second-order valence-corrected chi connectivity index (χ2v) is 6.34. The summed E-state index contributed by atoms with van der Waals surface area (Å²) in [5, 5.41) is 7.75. The number of hydrogen-bond acceptors (Lipinski definition) is 4. The predicted molar refractivity (Wildman–Crippen MR) is 108 cm³/mol. The van der Waals surface area contributed by atoms with E-state index >= 15 is 0 Å². The monoisotopic (exact) mass is 340 g/mol. The van der Waals surface area contributed by atoms with E-state index in [2.05, 4.69) is 59.8 Å². The zero-order valence-electron chi connectivity index (χ0n) is 14.8. The first-order chi connectivity index (χ1) is 12.7. The lowest BCUT2D eigenvalue weighted by Gasteiger charge is -2.13. The van der Waals surface area contributed by atoms with Crippen molar-refractivity contribution in [2.45, 2.75) is 13.8 Å². The molecule has 4 nitrogen and oxygen atoms in total. The number of fused-ring (bicyclic) bond motifs is 1. The normalized spacial score (nSPS) is 10.7. The second kappa shape index (κ2) is 6.84. The van der Waals surface area contributed by atoms with E-state index in [1.54, 1.807) is 0 Å². The fourth-order valence-corrected chi connectivity index (χ4v) is 2.84. The van der Waals surface area contributed by atoms with Gasteiger partial charge in [-0.15, -0.1) is 0 Å². The summed E-state index contributed by atoms with van der Waals surface area (Å²) in [5.41, 5.74) is 5.28. The summed E-state index contributed by atoms with van der Waals surface area (Å²) < 4.78 is 0. The Kier molecular flexibility index (Phi) is 4.23.